The van der Waals surface area contributed by atoms with Crippen molar-refractivity contribution in [3.8, 4) is 5.75 Å². The molecule has 0 unspecified atom stereocenters. The third-order valence-corrected chi connectivity index (χ3v) is 4.52. The van der Waals surface area contributed by atoms with E-state index in [9.17, 15) is 13.5 Å². The van der Waals surface area contributed by atoms with Crippen LogP contribution in [0.2, 0.25) is 6.82 Å². The summed E-state index contributed by atoms with van der Waals surface area (Å²) in [5.41, 5.74) is -0.729. The van der Waals surface area contributed by atoms with Crippen LogP contribution in [0.5, 0.6) is 5.75 Å². The standard InChI is InChI=1S/C15H26BNO5S/c1-14(2,18)15(3,4)22-16(5)12-10-11(17-23(7,19)20)8-9-13(12)21-6/h8-10,17-18H,1-7H3. The maximum absolute atomic E-state index is 11.4. The van der Waals surface area contributed by atoms with Crippen molar-refractivity contribution in [3.05, 3.63) is 18.2 Å². The number of rotatable bonds is 7. The van der Waals surface area contributed by atoms with Crippen LogP contribution in [0, 0.1) is 0 Å². The molecule has 0 aromatic heterocycles. The molecule has 0 saturated heterocycles. The summed E-state index contributed by atoms with van der Waals surface area (Å²) >= 11 is 0. The lowest BCUT2D eigenvalue weighted by Gasteiger charge is -2.39. The normalized spacial score (nSPS) is 12.9. The fourth-order valence-electron chi connectivity index (χ4n) is 1.98. The minimum absolute atomic E-state index is 0.410. The molecule has 0 aliphatic heterocycles. The lowest BCUT2D eigenvalue weighted by Crippen LogP contribution is -2.52. The number of hydrogen-bond donors (Lipinski definition) is 2. The Bertz CT molecular complexity index is 652. The molecule has 0 heterocycles. The summed E-state index contributed by atoms with van der Waals surface area (Å²) in [6.45, 7) is 8.38. The highest BCUT2D eigenvalue weighted by Gasteiger charge is 2.38. The molecule has 0 saturated carbocycles. The maximum Gasteiger partial charge on any atom is 0.328 e. The van der Waals surface area contributed by atoms with Crippen LogP contribution in [0.1, 0.15) is 27.7 Å². The lowest BCUT2D eigenvalue weighted by molar-refractivity contribution is -0.0918. The Morgan fingerprint density at radius 3 is 2.22 bits per heavy atom. The molecule has 0 amide bonds. The molecule has 1 aromatic carbocycles. The maximum atomic E-state index is 11.4. The monoisotopic (exact) mass is 343 g/mol. The SMILES string of the molecule is COc1ccc(NS(C)(=O)=O)cc1B(C)OC(C)(C)C(C)(C)O. The van der Waals surface area contributed by atoms with Gasteiger partial charge in [0.2, 0.25) is 10.0 Å². The lowest BCUT2D eigenvalue weighted by atomic mass is 9.62. The zero-order valence-electron chi connectivity index (χ0n) is 14.8. The molecule has 0 aliphatic rings. The van der Waals surface area contributed by atoms with Crippen molar-refractivity contribution < 1.29 is 22.9 Å². The Kier molecular flexibility index (Phi) is 5.77. The average Bonchev–Trinajstić information content (AvgIpc) is 2.34. The first kappa shape index (κ1) is 19.8. The van der Waals surface area contributed by atoms with Crippen LogP contribution in [-0.2, 0) is 14.7 Å². The summed E-state index contributed by atoms with van der Waals surface area (Å²) in [5.74, 6) is 0.586. The predicted octanol–water partition coefficient (Wildman–Crippen LogP) is 1.46. The van der Waals surface area contributed by atoms with Crippen molar-refractivity contribution in [2.24, 2.45) is 0 Å². The quantitative estimate of drug-likeness (QED) is 0.732. The van der Waals surface area contributed by atoms with Gasteiger partial charge in [0.05, 0.1) is 24.6 Å². The molecule has 8 heteroatoms. The van der Waals surface area contributed by atoms with Crippen molar-refractivity contribution >= 4 is 28.1 Å². The van der Waals surface area contributed by atoms with Gasteiger partial charge in [-0.15, -0.1) is 0 Å². The molecular weight excluding hydrogens is 317 g/mol. The van der Waals surface area contributed by atoms with E-state index in [4.69, 9.17) is 9.39 Å². The van der Waals surface area contributed by atoms with Crippen LogP contribution < -0.4 is 14.9 Å². The molecule has 1 rings (SSSR count). The summed E-state index contributed by atoms with van der Waals surface area (Å²) in [5, 5.41) is 10.2. The number of nitrogens with one attached hydrogen (secondary N) is 1. The number of anilines is 1. The number of ether oxygens (including phenoxy) is 1. The van der Waals surface area contributed by atoms with Gasteiger partial charge in [-0.2, -0.15) is 0 Å². The summed E-state index contributed by atoms with van der Waals surface area (Å²) < 4.78 is 36.6. The number of methoxy groups -OCH3 is 1. The minimum atomic E-state index is -3.37. The minimum Gasteiger partial charge on any atom is -0.497 e. The summed E-state index contributed by atoms with van der Waals surface area (Å²) in [6, 6.07) is 4.97. The van der Waals surface area contributed by atoms with Gasteiger partial charge in [0.1, 0.15) is 5.75 Å². The zero-order chi connectivity index (χ0) is 18.1. The first-order valence-corrected chi connectivity index (χ1v) is 9.22. The van der Waals surface area contributed by atoms with Crippen molar-refractivity contribution in [2.75, 3.05) is 18.1 Å². The highest BCUT2D eigenvalue weighted by molar-refractivity contribution is 7.92. The third kappa shape index (κ3) is 5.40. The zero-order valence-corrected chi connectivity index (χ0v) is 15.6. The molecule has 0 fully saturated rings. The summed E-state index contributed by atoms with van der Waals surface area (Å²) in [7, 11) is -1.83. The van der Waals surface area contributed by atoms with Crippen molar-refractivity contribution in [1.82, 2.24) is 0 Å². The van der Waals surface area contributed by atoms with Crippen molar-refractivity contribution in [1.29, 1.82) is 0 Å². The topological polar surface area (TPSA) is 84.9 Å². The highest BCUT2D eigenvalue weighted by atomic mass is 32.2. The fraction of sp³-hybridized carbons (Fsp3) is 0.600. The van der Waals surface area contributed by atoms with Crippen LogP contribution >= 0.6 is 0 Å². The fourth-order valence-corrected chi connectivity index (χ4v) is 2.53. The average molecular weight is 343 g/mol. The van der Waals surface area contributed by atoms with Crippen molar-refractivity contribution in [2.45, 2.75) is 45.7 Å². The van der Waals surface area contributed by atoms with Gasteiger partial charge < -0.3 is 14.5 Å². The van der Waals surface area contributed by atoms with Gasteiger partial charge in [-0.1, -0.05) is 6.82 Å². The van der Waals surface area contributed by atoms with Crippen LogP contribution in [0.4, 0.5) is 5.69 Å². The molecule has 0 atom stereocenters. The highest BCUT2D eigenvalue weighted by Crippen LogP contribution is 2.26. The molecular formula is C15H26BNO5S. The number of benzene rings is 1. The van der Waals surface area contributed by atoms with E-state index < -0.39 is 28.1 Å². The number of aliphatic hydroxyl groups is 1. The van der Waals surface area contributed by atoms with Crippen LogP contribution in [-0.4, -0.2) is 45.0 Å². The Labute approximate surface area is 139 Å². The molecule has 0 radical (unpaired) electrons. The van der Waals surface area contributed by atoms with Gasteiger partial charge in [-0.25, -0.2) is 8.42 Å². The molecule has 2 N–H and O–H groups in total. The van der Waals surface area contributed by atoms with E-state index in [1.807, 2.05) is 6.82 Å². The Morgan fingerprint density at radius 1 is 1.22 bits per heavy atom. The third-order valence-electron chi connectivity index (χ3n) is 3.92. The first-order valence-electron chi connectivity index (χ1n) is 7.33. The molecule has 6 nitrogen and oxygen atoms in total. The Balaban J connectivity index is 3.16. The second-order valence-electron chi connectivity index (χ2n) is 6.66. The summed E-state index contributed by atoms with van der Waals surface area (Å²) in [4.78, 5) is 0. The van der Waals surface area contributed by atoms with E-state index in [1.54, 1.807) is 45.9 Å². The largest absolute Gasteiger partial charge is 0.497 e. The Hall–Kier alpha value is -1.25. The van der Waals surface area contributed by atoms with E-state index in [0.29, 0.717) is 16.9 Å². The van der Waals surface area contributed by atoms with Gasteiger partial charge in [0.25, 0.3) is 0 Å². The molecule has 0 bridgehead atoms. The predicted molar refractivity (Wildman–Crippen MR) is 94.2 cm³/mol. The van der Waals surface area contributed by atoms with Crippen molar-refractivity contribution in [3.63, 3.8) is 0 Å². The molecule has 130 valence electrons. The van der Waals surface area contributed by atoms with Crippen LogP contribution in [0.15, 0.2) is 18.2 Å². The van der Waals surface area contributed by atoms with Gasteiger partial charge in [-0.3, -0.25) is 4.72 Å². The van der Waals surface area contributed by atoms with Gasteiger partial charge in [0.15, 0.2) is 0 Å². The molecule has 0 spiro atoms. The van der Waals surface area contributed by atoms with E-state index >= 15 is 0 Å². The van der Waals surface area contributed by atoms with Gasteiger partial charge in [0, 0.05) is 5.69 Å². The molecule has 23 heavy (non-hydrogen) atoms. The van der Waals surface area contributed by atoms with Crippen LogP contribution in [0.25, 0.3) is 0 Å². The molecule has 0 aliphatic carbocycles. The van der Waals surface area contributed by atoms with E-state index in [2.05, 4.69) is 4.72 Å². The van der Waals surface area contributed by atoms with Gasteiger partial charge >= 0.3 is 6.92 Å². The summed E-state index contributed by atoms with van der Waals surface area (Å²) in [6.07, 6.45) is 1.09. The molecule has 1 aromatic rings. The second-order valence-corrected chi connectivity index (χ2v) is 8.41. The van der Waals surface area contributed by atoms with E-state index in [-0.39, 0.29) is 0 Å². The number of hydrogen-bond acceptors (Lipinski definition) is 5. The first-order chi connectivity index (χ1) is 10.3. The van der Waals surface area contributed by atoms with E-state index in [0.717, 1.165) is 6.26 Å². The Morgan fingerprint density at radius 2 is 1.78 bits per heavy atom. The van der Waals surface area contributed by atoms with E-state index in [1.165, 1.54) is 7.11 Å². The second kappa shape index (κ2) is 6.71. The number of sulfonamides is 1. The van der Waals surface area contributed by atoms with Gasteiger partial charge in [-0.05, 0) is 51.4 Å². The smallest absolute Gasteiger partial charge is 0.328 e. The van der Waals surface area contributed by atoms with Crippen LogP contribution in [0.3, 0.4) is 0 Å².